The van der Waals surface area contributed by atoms with E-state index in [1.807, 2.05) is 0 Å². The van der Waals surface area contributed by atoms with E-state index in [0.29, 0.717) is 17.0 Å². The van der Waals surface area contributed by atoms with Crippen LogP contribution in [-0.2, 0) is 17.6 Å². The second-order valence-corrected chi connectivity index (χ2v) is 5.63. The number of aromatic amines is 1. The molecule has 0 saturated carbocycles. The summed E-state index contributed by atoms with van der Waals surface area (Å²) >= 11 is 0. The van der Waals surface area contributed by atoms with Gasteiger partial charge < -0.3 is 14.6 Å². The number of fused-ring (bicyclic) bond motifs is 1. The van der Waals surface area contributed by atoms with Crippen molar-refractivity contribution in [2.75, 3.05) is 6.61 Å². The van der Waals surface area contributed by atoms with Gasteiger partial charge in [-0.05, 0) is 37.8 Å². The van der Waals surface area contributed by atoms with Crippen molar-refractivity contribution in [3.8, 4) is 5.75 Å². The van der Waals surface area contributed by atoms with Crippen LogP contribution < -0.4 is 15.3 Å². The Balaban J connectivity index is 1.66. The van der Waals surface area contributed by atoms with Crippen LogP contribution in [0.25, 0.3) is 0 Å². The minimum atomic E-state index is -1.32. The molecule has 25 heavy (non-hydrogen) atoms. The summed E-state index contributed by atoms with van der Waals surface area (Å²) in [5.74, 6) is -1.37. The standard InChI is InChI=1S/C17H18N4O4/c22-15(23)10-25-14-8-4-1-5-11(14)9-18-21-17(24)16-12-6-2-3-7-13(12)19-20-16/h1,4-5,8-9H,2-3,6-7,10H2,(H,19,20)(H,21,24)(H,22,23)/p-1/b18-9-. The Labute approximate surface area is 143 Å². The van der Waals surface area contributed by atoms with Gasteiger partial charge >= 0.3 is 0 Å². The lowest BCUT2D eigenvalue weighted by Crippen LogP contribution is -2.29. The van der Waals surface area contributed by atoms with Crippen LogP contribution in [-0.4, -0.2) is 34.9 Å². The average Bonchev–Trinajstić information content (AvgIpc) is 3.05. The van der Waals surface area contributed by atoms with Crippen molar-refractivity contribution in [1.29, 1.82) is 0 Å². The van der Waals surface area contributed by atoms with Crippen molar-refractivity contribution in [1.82, 2.24) is 15.6 Å². The number of H-pyrrole nitrogens is 1. The van der Waals surface area contributed by atoms with Gasteiger partial charge in [0.05, 0.1) is 12.2 Å². The highest BCUT2D eigenvalue weighted by Gasteiger charge is 2.21. The molecule has 3 rings (SSSR count). The molecule has 0 spiro atoms. The SMILES string of the molecule is O=C([O-])COc1ccccc1/C=N\NC(=O)c1n[nH]c2c1CCCC2. The molecule has 0 saturated heterocycles. The third-order valence-electron chi connectivity index (χ3n) is 3.91. The molecular weight excluding hydrogens is 324 g/mol. The predicted octanol–water partition coefficient (Wildman–Crippen LogP) is 0.181. The fourth-order valence-electron chi connectivity index (χ4n) is 2.74. The summed E-state index contributed by atoms with van der Waals surface area (Å²) in [6, 6.07) is 6.75. The van der Waals surface area contributed by atoms with Gasteiger partial charge in [0, 0.05) is 16.8 Å². The second-order valence-electron chi connectivity index (χ2n) is 5.63. The summed E-state index contributed by atoms with van der Waals surface area (Å²) in [6.07, 6.45) is 5.26. The Morgan fingerprint density at radius 1 is 1.32 bits per heavy atom. The van der Waals surface area contributed by atoms with Crippen LogP contribution in [0.3, 0.4) is 0 Å². The lowest BCUT2D eigenvalue weighted by atomic mass is 9.96. The number of nitrogens with one attached hydrogen (secondary N) is 2. The van der Waals surface area contributed by atoms with E-state index in [1.54, 1.807) is 24.3 Å². The molecule has 0 fully saturated rings. The van der Waals surface area contributed by atoms with Gasteiger partial charge in [-0.25, -0.2) is 5.43 Å². The predicted molar refractivity (Wildman–Crippen MR) is 87.2 cm³/mol. The molecule has 130 valence electrons. The first kappa shape index (κ1) is 16.7. The summed E-state index contributed by atoms with van der Waals surface area (Å²) in [5, 5.41) is 21.4. The van der Waals surface area contributed by atoms with E-state index >= 15 is 0 Å². The van der Waals surface area contributed by atoms with Crippen LogP contribution in [0.4, 0.5) is 0 Å². The van der Waals surface area contributed by atoms with Crippen molar-refractivity contribution in [2.24, 2.45) is 5.10 Å². The van der Waals surface area contributed by atoms with Gasteiger partial charge in [-0.3, -0.25) is 9.89 Å². The van der Waals surface area contributed by atoms with Gasteiger partial charge in [0.15, 0.2) is 5.69 Å². The lowest BCUT2D eigenvalue weighted by molar-refractivity contribution is -0.307. The number of carboxylic acids is 1. The van der Waals surface area contributed by atoms with Gasteiger partial charge in [0.25, 0.3) is 5.91 Å². The molecule has 2 aromatic rings. The van der Waals surface area contributed by atoms with Gasteiger partial charge in [-0.15, -0.1) is 0 Å². The summed E-state index contributed by atoms with van der Waals surface area (Å²) in [5.41, 5.74) is 5.31. The van der Waals surface area contributed by atoms with Crippen molar-refractivity contribution in [3.05, 3.63) is 46.8 Å². The molecule has 1 aliphatic rings. The highest BCUT2D eigenvalue weighted by molar-refractivity contribution is 5.95. The molecule has 1 aromatic heterocycles. The lowest BCUT2D eigenvalue weighted by Gasteiger charge is -2.10. The van der Waals surface area contributed by atoms with Crippen LogP contribution in [0.15, 0.2) is 29.4 Å². The zero-order chi connectivity index (χ0) is 17.6. The Bertz CT molecular complexity index is 813. The Morgan fingerprint density at radius 2 is 2.12 bits per heavy atom. The zero-order valence-corrected chi connectivity index (χ0v) is 13.4. The number of hydrazone groups is 1. The number of rotatable bonds is 6. The Kier molecular flexibility index (Phi) is 5.08. The first-order chi connectivity index (χ1) is 12.1. The van der Waals surface area contributed by atoms with Crippen molar-refractivity contribution in [3.63, 3.8) is 0 Å². The summed E-state index contributed by atoms with van der Waals surface area (Å²) in [6.45, 7) is -0.559. The van der Waals surface area contributed by atoms with Crippen LogP contribution in [0, 0.1) is 0 Å². The van der Waals surface area contributed by atoms with Crippen LogP contribution >= 0.6 is 0 Å². The molecule has 1 amide bonds. The van der Waals surface area contributed by atoms with E-state index in [2.05, 4.69) is 20.7 Å². The zero-order valence-electron chi connectivity index (χ0n) is 13.4. The highest BCUT2D eigenvalue weighted by atomic mass is 16.5. The van der Waals surface area contributed by atoms with Gasteiger partial charge in [0.1, 0.15) is 12.4 Å². The summed E-state index contributed by atoms with van der Waals surface area (Å²) in [4.78, 5) is 22.7. The number of ether oxygens (including phenoxy) is 1. The molecule has 1 heterocycles. The number of para-hydroxylation sites is 1. The molecule has 0 aliphatic heterocycles. The number of carbonyl (C=O) groups is 2. The largest absolute Gasteiger partial charge is 0.546 e. The highest BCUT2D eigenvalue weighted by Crippen LogP contribution is 2.22. The third kappa shape index (κ3) is 4.03. The first-order valence-electron chi connectivity index (χ1n) is 7.96. The van der Waals surface area contributed by atoms with E-state index in [4.69, 9.17) is 4.74 Å². The third-order valence-corrected chi connectivity index (χ3v) is 3.91. The maximum absolute atomic E-state index is 12.2. The molecule has 0 unspecified atom stereocenters. The van der Waals surface area contributed by atoms with Crippen molar-refractivity contribution >= 4 is 18.1 Å². The topological polar surface area (TPSA) is 120 Å². The minimum absolute atomic E-state index is 0.335. The van der Waals surface area contributed by atoms with E-state index in [-0.39, 0.29) is 5.91 Å². The number of aryl methyl sites for hydroxylation is 1. The molecule has 1 aromatic carbocycles. The maximum Gasteiger partial charge on any atom is 0.292 e. The smallest absolute Gasteiger partial charge is 0.292 e. The van der Waals surface area contributed by atoms with E-state index in [0.717, 1.165) is 36.9 Å². The average molecular weight is 341 g/mol. The van der Waals surface area contributed by atoms with E-state index < -0.39 is 12.6 Å². The molecule has 0 radical (unpaired) electrons. The number of aliphatic carboxylic acids is 1. The monoisotopic (exact) mass is 341 g/mol. The van der Waals surface area contributed by atoms with Crippen molar-refractivity contribution in [2.45, 2.75) is 25.7 Å². The van der Waals surface area contributed by atoms with Gasteiger partial charge in [-0.2, -0.15) is 10.2 Å². The van der Waals surface area contributed by atoms with Gasteiger partial charge in [0.2, 0.25) is 0 Å². The molecular formula is C17H17N4O4-. The molecule has 0 bridgehead atoms. The van der Waals surface area contributed by atoms with Crippen molar-refractivity contribution < 1.29 is 19.4 Å². The van der Waals surface area contributed by atoms with E-state index in [9.17, 15) is 14.7 Å². The van der Waals surface area contributed by atoms with Crippen LogP contribution in [0.5, 0.6) is 5.75 Å². The fourth-order valence-corrected chi connectivity index (χ4v) is 2.74. The summed E-state index contributed by atoms with van der Waals surface area (Å²) < 4.78 is 5.12. The van der Waals surface area contributed by atoms with Gasteiger partial charge in [-0.1, -0.05) is 12.1 Å². The molecule has 0 atom stereocenters. The number of nitrogens with zero attached hydrogens (tertiary/aromatic N) is 2. The summed E-state index contributed by atoms with van der Waals surface area (Å²) in [7, 11) is 0. The number of carboxylic acid groups (broad SMARTS) is 1. The molecule has 8 nitrogen and oxygen atoms in total. The number of hydrogen-bond donors (Lipinski definition) is 2. The second kappa shape index (κ2) is 7.61. The number of benzene rings is 1. The molecule has 1 aliphatic carbocycles. The minimum Gasteiger partial charge on any atom is -0.546 e. The number of aromatic nitrogens is 2. The molecule has 2 N–H and O–H groups in total. The Hall–Kier alpha value is -3.16. The van der Waals surface area contributed by atoms with E-state index in [1.165, 1.54) is 6.21 Å². The number of amides is 1. The Morgan fingerprint density at radius 3 is 2.96 bits per heavy atom. The normalized spacial score (nSPS) is 13.4. The quantitative estimate of drug-likeness (QED) is 0.574. The number of hydrogen-bond acceptors (Lipinski definition) is 6. The maximum atomic E-state index is 12.2. The molecule has 8 heteroatoms. The van der Waals surface area contributed by atoms with Crippen LogP contribution in [0.1, 0.15) is 40.2 Å². The number of carbonyl (C=O) groups excluding carboxylic acids is 2. The van der Waals surface area contributed by atoms with Crippen LogP contribution in [0.2, 0.25) is 0 Å². The first-order valence-corrected chi connectivity index (χ1v) is 7.96. The fraction of sp³-hybridized carbons (Fsp3) is 0.294.